The third kappa shape index (κ3) is 1.82. The summed E-state index contributed by atoms with van der Waals surface area (Å²) in [6, 6.07) is 8.57. The van der Waals surface area contributed by atoms with Crippen molar-refractivity contribution in [3.63, 3.8) is 0 Å². The summed E-state index contributed by atoms with van der Waals surface area (Å²) in [5.74, 6) is 0.423. The Kier molecular flexibility index (Phi) is 3.19. The molecule has 2 rings (SSSR count). The molecule has 1 aromatic rings. The van der Waals surface area contributed by atoms with Crippen molar-refractivity contribution in [2.75, 3.05) is 11.9 Å². The fraction of sp³-hybridized carbons (Fsp3) is 0.250. The van der Waals surface area contributed by atoms with E-state index in [1.165, 1.54) is 22.5 Å². The molecule has 17 heavy (non-hydrogen) atoms. The van der Waals surface area contributed by atoms with Crippen LogP contribution in [-0.4, -0.2) is 7.05 Å². The Labute approximate surface area is 104 Å². The van der Waals surface area contributed by atoms with Crippen LogP contribution in [0.4, 0.5) is 5.69 Å². The van der Waals surface area contributed by atoms with Crippen molar-refractivity contribution in [2.24, 2.45) is 0 Å². The van der Waals surface area contributed by atoms with E-state index in [2.05, 4.69) is 68.8 Å². The summed E-state index contributed by atoms with van der Waals surface area (Å²) in [4.78, 5) is 2.22. The lowest BCUT2D eigenvalue weighted by molar-refractivity contribution is 0.857. The molecule has 1 heteroatoms. The Morgan fingerprint density at radius 3 is 2.65 bits per heavy atom. The number of fused-ring (bicyclic) bond motifs is 1. The maximum Gasteiger partial charge on any atom is 0.0446 e. The number of benzene rings is 1. The van der Waals surface area contributed by atoms with Crippen LogP contribution in [0.2, 0.25) is 0 Å². The first-order chi connectivity index (χ1) is 8.20. The van der Waals surface area contributed by atoms with Crippen LogP contribution in [0.1, 0.15) is 25.3 Å². The molecular formula is C16H19N. The molecule has 0 radical (unpaired) electrons. The molecule has 0 bridgehead atoms. The highest BCUT2D eigenvalue weighted by molar-refractivity contribution is 5.67. The average Bonchev–Trinajstić information content (AvgIpc) is 2.36. The fourth-order valence-electron chi connectivity index (χ4n) is 2.54. The number of hydrogen-bond acceptors (Lipinski definition) is 1. The molecule has 1 aliphatic rings. The molecule has 0 aliphatic carbocycles. The zero-order valence-corrected chi connectivity index (χ0v) is 10.8. The van der Waals surface area contributed by atoms with Gasteiger partial charge in [0.25, 0.3) is 0 Å². The fourth-order valence-corrected chi connectivity index (χ4v) is 2.54. The number of allylic oxidation sites excluding steroid dienone is 4. The molecule has 0 saturated carbocycles. The van der Waals surface area contributed by atoms with Gasteiger partial charge in [0.05, 0.1) is 0 Å². The number of para-hydroxylation sites is 1. The van der Waals surface area contributed by atoms with Gasteiger partial charge < -0.3 is 4.90 Å². The SMILES string of the molecule is C=CC1=C(/C=C\C)C(C)c2ccccc2N1C. The summed E-state index contributed by atoms with van der Waals surface area (Å²) < 4.78 is 0. The van der Waals surface area contributed by atoms with Gasteiger partial charge in [-0.1, -0.05) is 43.9 Å². The van der Waals surface area contributed by atoms with Crippen molar-refractivity contribution >= 4 is 5.69 Å². The Balaban J connectivity index is 2.63. The Morgan fingerprint density at radius 2 is 2.00 bits per heavy atom. The maximum absolute atomic E-state index is 3.94. The number of hydrogen-bond donors (Lipinski definition) is 0. The van der Waals surface area contributed by atoms with E-state index in [4.69, 9.17) is 0 Å². The van der Waals surface area contributed by atoms with Crippen LogP contribution in [-0.2, 0) is 0 Å². The quantitative estimate of drug-likeness (QED) is 0.727. The van der Waals surface area contributed by atoms with Gasteiger partial charge in [-0.25, -0.2) is 0 Å². The molecule has 0 spiro atoms. The van der Waals surface area contributed by atoms with Crippen LogP contribution in [0.5, 0.6) is 0 Å². The summed E-state index contributed by atoms with van der Waals surface area (Å²) in [7, 11) is 2.10. The minimum Gasteiger partial charge on any atom is -0.344 e. The van der Waals surface area contributed by atoms with E-state index in [9.17, 15) is 0 Å². The number of anilines is 1. The van der Waals surface area contributed by atoms with Crippen LogP contribution >= 0.6 is 0 Å². The van der Waals surface area contributed by atoms with Crippen molar-refractivity contribution in [1.82, 2.24) is 0 Å². The van der Waals surface area contributed by atoms with Gasteiger partial charge in [0.2, 0.25) is 0 Å². The molecule has 1 aromatic carbocycles. The summed E-state index contributed by atoms with van der Waals surface area (Å²) in [6.07, 6.45) is 6.23. The Bertz CT molecular complexity index is 494. The van der Waals surface area contributed by atoms with E-state index < -0.39 is 0 Å². The summed E-state index contributed by atoms with van der Waals surface area (Å²) >= 11 is 0. The first kappa shape index (κ1) is 11.7. The van der Waals surface area contributed by atoms with E-state index in [0.29, 0.717) is 5.92 Å². The molecule has 0 fully saturated rings. The van der Waals surface area contributed by atoms with Crippen LogP contribution in [0.15, 0.2) is 60.3 Å². The zero-order valence-electron chi connectivity index (χ0n) is 10.8. The Morgan fingerprint density at radius 1 is 1.29 bits per heavy atom. The third-order valence-electron chi connectivity index (χ3n) is 3.43. The first-order valence-corrected chi connectivity index (χ1v) is 6.02. The summed E-state index contributed by atoms with van der Waals surface area (Å²) in [5, 5.41) is 0. The smallest absolute Gasteiger partial charge is 0.0446 e. The molecule has 1 heterocycles. The lowest BCUT2D eigenvalue weighted by atomic mass is 9.86. The van der Waals surface area contributed by atoms with E-state index in [-0.39, 0.29) is 0 Å². The third-order valence-corrected chi connectivity index (χ3v) is 3.43. The van der Waals surface area contributed by atoms with E-state index in [0.717, 1.165) is 0 Å². The standard InChI is InChI=1S/C16H19N/c1-5-9-13-12(3)14-10-7-8-11-16(14)17(4)15(13)6-2/h5-12H,2H2,1,3-4H3/b9-5-. The minimum atomic E-state index is 0.423. The van der Waals surface area contributed by atoms with Crippen LogP contribution in [0.25, 0.3) is 0 Å². The second-order valence-corrected chi connectivity index (χ2v) is 4.38. The zero-order chi connectivity index (χ0) is 12.4. The molecule has 0 N–H and O–H groups in total. The predicted octanol–water partition coefficient (Wildman–Crippen LogP) is 4.26. The Hall–Kier alpha value is -1.76. The topological polar surface area (TPSA) is 3.24 Å². The highest BCUT2D eigenvalue weighted by Gasteiger charge is 2.24. The molecule has 88 valence electrons. The van der Waals surface area contributed by atoms with Gasteiger partial charge in [0.1, 0.15) is 0 Å². The summed E-state index contributed by atoms with van der Waals surface area (Å²) in [5.41, 5.74) is 5.20. The molecule has 0 amide bonds. The van der Waals surface area contributed by atoms with Crippen molar-refractivity contribution < 1.29 is 0 Å². The second kappa shape index (κ2) is 4.62. The molecule has 1 nitrogen and oxygen atoms in total. The normalized spacial score (nSPS) is 19.7. The van der Waals surface area contributed by atoms with Crippen molar-refractivity contribution in [3.05, 3.63) is 65.9 Å². The van der Waals surface area contributed by atoms with Gasteiger partial charge in [-0.3, -0.25) is 0 Å². The molecule has 1 atom stereocenters. The van der Waals surface area contributed by atoms with Gasteiger partial charge in [-0.15, -0.1) is 0 Å². The van der Waals surface area contributed by atoms with Crippen molar-refractivity contribution in [2.45, 2.75) is 19.8 Å². The van der Waals surface area contributed by atoms with Crippen molar-refractivity contribution in [3.8, 4) is 0 Å². The van der Waals surface area contributed by atoms with E-state index in [1.807, 2.05) is 6.08 Å². The van der Waals surface area contributed by atoms with Gasteiger partial charge >= 0.3 is 0 Å². The van der Waals surface area contributed by atoms with Crippen LogP contribution in [0, 0.1) is 0 Å². The molecule has 0 aromatic heterocycles. The molecule has 1 unspecified atom stereocenters. The van der Waals surface area contributed by atoms with Gasteiger partial charge in [-0.05, 0) is 30.2 Å². The number of nitrogens with zero attached hydrogens (tertiary/aromatic N) is 1. The van der Waals surface area contributed by atoms with Crippen LogP contribution in [0.3, 0.4) is 0 Å². The molecular weight excluding hydrogens is 206 g/mol. The monoisotopic (exact) mass is 225 g/mol. The van der Waals surface area contributed by atoms with Gasteiger partial charge in [-0.2, -0.15) is 0 Å². The second-order valence-electron chi connectivity index (χ2n) is 4.38. The van der Waals surface area contributed by atoms with Crippen LogP contribution < -0.4 is 4.90 Å². The average molecular weight is 225 g/mol. The lowest BCUT2D eigenvalue weighted by Gasteiger charge is -2.34. The van der Waals surface area contributed by atoms with E-state index in [1.54, 1.807) is 0 Å². The van der Waals surface area contributed by atoms with E-state index >= 15 is 0 Å². The largest absolute Gasteiger partial charge is 0.344 e. The lowest BCUT2D eigenvalue weighted by Crippen LogP contribution is -2.24. The van der Waals surface area contributed by atoms with Gasteiger partial charge in [0.15, 0.2) is 0 Å². The highest BCUT2D eigenvalue weighted by Crippen LogP contribution is 2.40. The maximum atomic E-state index is 3.94. The predicted molar refractivity (Wildman–Crippen MR) is 75.3 cm³/mol. The highest BCUT2D eigenvalue weighted by atomic mass is 15.1. The van der Waals surface area contributed by atoms with Crippen molar-refractivity contribution in [1.29, 1.82) is 0 Å². The summed E-state index contributed by atoms with van der Waals surface area (Å²) in [6.45, 7) is 8.25. The first-order valence-electron chi connectivity index (χ1n) is 6.02. The number of likely N-dealkylation sites (N-methyl/N-ethyl adjacent to an activating group) is 1. The molecule has 0 saturated heterocycles. The number of rotatable bonds is 2. The minimum absolute atomic E-state index is 0.423. The molecule has 1 aliphatic heterocycles. The van der Waals surface area contributed by atoms with Gasteiger partial charge in [0, 0.05) is 24.4 Å².